The maximum absolute atomic E-state index is 14.4. The van der Waals surface area contributed by atoms with Crippen LogP contribution in [0.3, 0.4) is 0 Å². The number of halogens is 5. The van der Waals surface area contributed by atoms with Crippen LogP contribution in [0, 0.1) is 29.1 Å². The second kappa shape index (κ2) is 8.63. The summed E-state index contributed by atoms with van der Waals surface area (Å²) in [7, 11) is 1.58. The average molecular weight is 398 g/mol. The van der Waals surface area contributed by atoms with Crippen molar-refractivity contribution in [1.82, 2.24) is 0 Å². The molecule has 0 heterocycles. The first-order chi connectivity index (χ1) is 13.4. The largest absolute Gasteiger partial charge is 0.504 e. The Morgan fingerprint density at radius 1 is 0.893 bits per heavy atom. The molecule has 150 valence electrons. The normalized spacial score (nSPS) is 16.8. The van der Waals surface area contributed by atoms with Crippen molar-refractivity contribution in [1.29, 1.82) is 0 Å². The molecule has 0 aromatic heterocycles. The van der Waals surface area contributed by atoms with Crippen LogP contribution in [-0.4, -0.2) is 7.11 Å². The molecule has 0 N–H and O–H groups in total. The summed E-state index contributed by atoms with van der Waals surface area (Å²) < 4.78 is 78.3. The maximum atomic E-state index is 14.4. The van der Waals surface area contributed by atoms with Gasteiger partial charge in [0.25, 0.3) is 0 Å². The zero-order chi connectivity index (χ0) is 20.3. The van der Waals surface area contributed by atoms with Gasteiger partial charge in [0.1, 0.15) is 6.61 Å². The van der Waals surface area contributed by atoms with Crippen LogP contribution in [0.5, 0.6) is 5.75 Å². The summed E-state index contributed by atoms with van der Waals surface area (Å²) in [6, 6.07) is 3.88. The summed E-state index contributed by atoms with van der Waals surface area (Å²) >= 11 is 0. The third-order valence-electron chi connectivity index (χ3n) is 4.83. The lowest BCUT2D eigenvalue weighted by molar-refractivity contribution is 0.271. The Bertz CT molecular complexity index is 838. The Balaban J connectivity index is 1.71. The number of methoxy groups -OCH3 is 1. The number of rotatable bonds is 5. The molecule has 0 bridgehead atoms. The Kier molecular flexibility index (Phi) is 6.21. The highest BCUT2D eigenvalue weighted by Crippen LogP contribution is 2.37. The smallest absolute Gasteiger partial charge is 0.194 e. The van der Waals surface area contributed by atoms with Crippen molar-refractivity contribution in [2.24, 2.45) is 0 Å². The van der Waals surface area contributed by atoms with Gasteiger partial charge in [0, 0.05) is 0 Å². The van der Waals surface area contributed by atoms with Crippen molar-refractivity contribution in [2.75, 3.05) is 7.11 Å². The van der Waals surface area contributed by atoms with Crippen molar-refractivity contribution in [3.63, 3.8) is 0 Å². The van der Waals surface area contributed by atoms with Gasteiger partial charge < -0.3 is 9.47 Å². The first-order valence-corrected chi connectivity index (χ1v) is 8.85. The lowest BCUT2D eigenvalue weighted by atomic mass is 9.82. The second-order valence-corrected chi connectivity index (χ2v) is 6.76. The van der Waals surface area contributed by atoms with Gasteiger partial charge in [-0.25, -0.2) is 22.0 Å². The molecule has 2 nitrogen and oxygen atoms in total. The van der Waals surface area contributed by atoms with Gasteiger partial charge >= 0.3 is 0 Å². The van der Waals surface area contributed by atoms with Crippen LogP contribution in [0.1, 0.15) is 42.7 Å². The third-order valence-corrected chi connectivity index (χ3v) is 4.83. The molecular weight excluding hydrogens is 379 g/mol. The molecule has 0 radical (unpaired) electrons. The van der Waals surface area contributed by atoms with E-state index >= 15 is 0 Å². The number of benzene rings is 2. The predicted octanol–water partition coefficient (Wildman–Crippen LogP) is 6.15. The fourth-order valence-corrected chi connectivity index (χ4v) is 3.41. The molecule has 0 atom stereocenters. The minimum absolute atomic E-state index is 0.0207. The first-order valence-electron chi connectivity index (χ1n) is 8.85. The van der Waals surface area contributed by atoms with E-state index in [4.69, 9.17) is 9.47 Å². The van der Waals surface area contributed by atoms with Crippen LogP contribution < -0.4 is 4.74 Å². The molecule has 1 aliphatic rings. The predicted molar refractivity (Wildman–Crippen MR) is 93.3 cm³/mol. The lowest BCUT2D eigenvalue weighted by Gasteiger charge is -2.24. The summed E-state index contributed by atoms with van der Waals surface area (Å²) in [6.07, 6.45) is 4.80. The van der Waals surface area contributed by atoms with Gasteiger partial charge in [0.15, 0.2) is 34.8 Å². The number of hydrogen-bond donors (Lipinski definition) is 0. The third kappa shape index (κ3) is 4.46. The van der Waals surface area contributed by atoms with E-state index in [9.17, 15) is 22.0 Å². The zero-order valence-corrected chi connectivity index (χ0v) is 15.2. The van der Waals surface area contributed by atoms with Crippen LogP contribution in [0.4, 0.5) is 22.0 Å². The molecule has 0 spiro atoms. The van der Waals surface area contributed by atoms with Gasteiger partial charge in [-0.1, -0.05) is 0 Å². The second-order valence-electron chi connectivity index (χ2n) is 6.76. The van der Waals surface area contributed by atoms with Gasteiger partial charge in [0.05, 0.1) is 13.4 Å². The minimum Gasteiger partial charge on any atom is -0.504 e. The van der Waals surface area contributed by atoms with Crippen LogP contribution in [-0.2, 0) is 11.3 Å². The Hall–Kier alpha value is -2.57. The van der Waals surface area contributed by atoms with E-state index < -0.39 is 41.4 Å². The average Bonchev–Trinajstić information content (AvgIpc) is 2.66. The molecule has 1 fully saturated rings. The molecule has 0 saturated heterocycles. The SMILES string of the molecule is COC=C1CCC(c2cc(F)c(OCc3cc(F)c(F)c(F)c3)c(F)c2)CC1. The van der Waals surface area contributed by atoms with E-state index in [0.717, 1.165) is 37.8 Å². The fourth-order valence-electron chi connectivity index (χ4n) is 3.41. The molecule has 1 aliphatic carbocycles. The Morgan fingerprint density at radius 3 is 2.00 bits per heavy atom. The summed E-state index contributed by atoms with van der Waals surface area (Å²) in [5.41, 5.74) is 1.63. The highest BCUT2D eigenvalue weighted by atomic mass is 19.2. The Labute approximate surface area is 159 Å². The van der Waals surface area contributed by atoms with Gasteiger partial charge in [-0.2, -0.15) is 0 Å². The van der Waals surface area contributed by atoms with Crippen molar-refractivity contribution in [3.05, 3.63) is 76.3 Å². The van der Waals surface area contributed by atoms with Crippen LogP contribution >= 0.6 is 0 Å². The molecule has 2 aromatic carbocycles. The van der Waals surface area contributed by atoms with Crippen LogP contribution in [0.25, 0.3) is 0 Å². The van der Waals surface area contributed by atoms with E-state index in [1.165, 1.54) is 17.7 Å². The van der Waals surface area contributed by atoms with E-state index in [-0.39, 0.29) is 11.5 Å². The molecule has 0 amide bonds. The van der Waals surface area contributed by atoms with E-state index in [2.05, 4.69) is 0 Å². The molecule has 28 heavy (non-hydrogen) atoms. The maximum Gasteiger partial charge on any atom is 0.194 e. The number of ether oxygens (including phenoxy) is 2. The summed E-state index contributed by atoms with van der Waals surface area (Å²) in [5, 5.41) is 0. The lowest BCUT2D eigenvalue weighted by Crippen LogP contribution is -2.09. The molecule has 0 aliphatic heterocycles. The van der Waals surface area contributed by atoms with Gasteiger partial charge in [-0.05, 0) is 72.6 Å². The van der Waals surface area contributed by atoms with E-state index in [1.807, 2.05) is 0 Å². The van der Waals surface area contributed by atoms with Crippen LogP contribution in [0.15, 0.2) is 36.1 Å². The molecule has 1 saturated carbocycles. The summed E-state index contributed by atoms with van der Waals surface area (Å²) in [5.74, 6) is -6.80. The standard InChI is InChI=1S/C21H19F5O2/c1-27-10-12-2-4-14(5-3-12)15-8-18(24)21(19(25)9-15)28-11-13-6-16(22)20(26)17(23)7-13/h6-10,14H,2-5,11H2,1H3. The Morgan fingerprint density at radius 2 is 1.46 bits per heavy atom. The zero-order valence-electron chi connectivity index (χ0n) is 15.2. The van der Waals surface area contributed by atoms with Crippen molar-refractivity contribution >= 4 is 0 Å². The summed E-state index contributed by atoms with van der Waals surface area (Å²) in [4.78, 5) is 0. The van der Waals surface area contributed by atoms with Crippen molar-refractivity contribution in [2.45, 2.75) is 38.2 Å². The first kappa shape index (κ1) is 20.2. The van der Waals surface area contributed by atoms with Crippen molar-refractivity contribution in [3.8, 4) is 5.75 Å². The van der Waals surface area contributed by atoms with Crippen LogP contribution in [0.2, 0.25) is 0 Å². The molecule has 0 unspecified atom stereocenters. The molecule has 2 aromatic rings. The number of allylic oxidation sites excluding steroid dienone is 1. The highest BCUT2D eigenvalue weighted by Gasteiger charge is 2.22. The van der Waals surface area contributed by atoms with E-state index in [0.29, 0.717) is 5.56 Å². The summed E-state index contributed by atoms with van der Waals surface area (Å²) in [6.45, 7) is -0.504. The highest BCUT2D eigenvalue weighted by molar-refractivity contribution is 5.34. The molecule has 3 rings (SSSR count). The van der Waals surface area contributed by atoms with E-state index in [1.54, 1.807) is 13.4 Å². The van der Waals surface area contributed by atoms with Gasteiger partial charge in [0.2, 0.25) is 0 Å². The number of hydrogen-bond acceptors (Lipinski definition) is 2. The fraction of sp³-hybridized carbons (Fsp3) is 0.333. The molecule has 7 heteroatoms. The van der Waals surface area contributed by atoms with Gasteiger partial charge in [-0.15, -0.1) is 0 Å². The molecular formula is C21H19F5O2. The monoisotopic (exact) mass is 398 g/mol. The minimum atomic E-state index is -1.61. The topological polar surface area (TPSA) is 18.5 Å². The van der Waals surface area contributed by atoms with Gasteiger partial charge in [-0.3, -0.25) is 0 Å². The van der Waals surface area contributed by atoms with Crippen molar-refractivity contribution < 1.29 is 31.4 Å². The quantitative estimate of drug-likeness (QED) is 0.342.